The molecule has 0 fully saturated rings. The lowest BCUT2D eigenvalue weighted by Crippen LogP contribution is -2.32. The molecule has 5 nitrogen and oxygen atoms in total. The highest BCUT2D eigenvalue weighted by Crippen LogP contribution is 2.22. The van der Waals surface area contributed by atoms with Crippen molar-refractivity contribution >= 4 is 33.1 Å². The van der Waals surface area contributed by atoms with Crippen LogP contribution in [0.5, 0.6) is 0 Å². The van der Waals surface area contributed by atoms with Gasteiger partial charge in [-0.1, -0.05) is 0 Å². The molecule has 2 rings (SSSR count). The maximum atomic E-state index is 11.6. The highest BCUT2D eigenvalue weighted by atomic mass is 79.9. The maximum absolute atomic E-state index is 11.6. The van der Waals surface area contributed by atoms with Gasteiger partial charge in [0.15, 0.2) is 0 Å². The predicted octanol–water partition coefficient (Wildman–Crippen LogP) is 3.36. The molecule has 0 radical (unpaired) electrons. The molecular weight excluding hydrogens is 322 g/mol. The molecule has 0 atom stereocenters. The number of halogens is 1. The van der Waals surface area contributed by atoms with Crippen LogP contribution in [-0.4, -0.2) is 21.2 Å². The lowest BCUT2D eigenvalue weighted by molar-refractivity contribution is 0.0523. The molecule has 1 amide bonds. The van der Waals surface area contributed by atoms with Gasteiger partial charge >= 0.3 is 6.09 Å². The van der Waals surface area contributed by atoms with Gasteiger partial charge in [-0.05, 0) is 48.8 Å². The molecule has 0 aliphatic carbocycles. The molecule has 108 valence electrons. The number of nitrogens with zero attached hydrogens (tertiary/aromatic N) is 2. The lowest BCUT2D eigenvalue weighted by atomic mass is 10.2. The zero-order valence-electron chi connectivity index (χ0n) is 12.0. The molecule has 0 unspecified atom stereocenters. The molecule has 0 bridgehead atoms. The zero-order chi connectivity index (χ0) is 14.9. The van der Waals surface area contributed by atoms with Gasteiger partial charge in [0.1, 0.15) is 5.60 Å². The van der Waals surface area contributed by atoms with Gasteiger partial charge in [-0.25, -0.2) is 9.78 Å². The van der Waals surface area contributed by atoms with Crippen molar-refractivity contribution in [2.75, 3.05) is 0 Å². The Kier molecular flexibility index (Phi) is 4.04. The topological polar surface area (TPSA) is 56.2 Å². The highest BCUT2D eigenvalue weighted by Gasteiger charge is 2.16. The predicted molar refractivity (Wildman–Crippen MR) is 81.5 cm³/mol. The van der Waals surface area contributed by atoms with Crippen molar-refractivity contribution in [1.29, 1.82) is 0 Å². The van der Waals surface area contributed by atoms with E-state index in [9.17, 15) is 4.79 Å². The summed E-state index contributed by atoms with van der Waals surface area (Å²) in [5.41, 5.74) is 2.21. The number of aromatic nitrogens is 2. The van der Waals surface area contributed by atoms with Crippen molar-refractivity contribution in [3.63, 3.8) is 0 Å². The van der Waals surface area contributed by atoms with Gasteiger partial charge in [-0.15, -0.1) is 0 Å². The molecule has 2 aromatic heterocycles. The number of ether oxygens (including phenoxy) is 1. The molecule has 2 aromatic rings. The van der Waals surface area contributed by atoms with Crippen molar-refractivity contribution in [2.24, 2.45) is 7.05 Å². The number of hydrogen-bond donors (Lipinski definition) is 1. The number of aryl methyl sites for hydroxylation is 1. The second-order valence-corrected chi connectivity index (χ2v) is 6.46. The minimum atomic E-state index is -0.502. The van der Waals surface area contributed by atoms with E-state index in [4.69, 9.17) is 4.74 Å². The number of rotatable bonds is 2. The third kappa shape index (κ3) is 3.50. The van der Waals surface area contributed by atoms with Gasteiger partial charge in [-0.2, -0.15) is 0 Å². The summed E-state index contributed by atoms with van der Waals surface area (Å²) in [5.74, 6) is 0. The van der Waals surface area contributed by atoms with E-state index in [1.807, 2.05) is 50.7 Å². The Morgan fingerprint density at radius 1 is 1.50 bits per heavy atom. The third-order valence-electron chi connectivity index (χ3n) is 2.69. The van der Waals surface area contributed by atoms with E-state index in [2.05, 4.69) is 26.2 Å². The normalized spacial score (nSPS) is 11.7. The van der Waals surface area contributed by atoms with Gasteiger partial charge in [0.25, 0.3) is 0 Å². The Hall–Kier alpha value is -1.56. The number of fused-ring (bicyclic) bond motifs is 1. The highest BCUT2D eigenvalue weighted by molar-refractivity contribution is 9.10. The first kappa shape index (κ1) is 14.8. The van der Waals surface area contributed by atoms with Crippen LogP contribution < -0.4 is 5.32 Å². The SMILES string of the molecule is Cn1ccc2nc(CNC(=O)OC(C)(C)C)c(Br)cc21. The number of amides is 1. The summed E-state index contributed by atoms with van der Waals surface area (Å²) in [7, 11) is 1.97. The van der Waals surface area contributed by atoms with Gasteiger partial charge in [-0.3, -0.25) is 0 Å². The average molecular weight is 340 g/mol. The average Bonchev–Trinajstić information content (AvgIpc) is 2.66. The Bertz CT molecular complexity index is 644. The maximum Gasteiger partial charge on any atom is 0.407 e. The lowest BCUT2D eigenvalue weighted by Gasteiger charge is -2.19. The fourth-order valence-corrected chi connectivity index (χ4v) is 2.24. The first-order valence-electron chi connectivity index (χ1n) is 6.33. The van der Waals surface area contributed by atoms with Gasteiger partial charge in [0, 0.05) is 17.7 Å². The minimum absolute atomic E-state index is 0.320. The van der Waals surface area contributed by atoms with Gasteiger partial charge < -0.3 is 14.6 Å². The summed E-state index contributed by atoms with van der Waals surface area (Å²) in [6.07, 6.45) is 1.51. The van der Waals surface area contributed by atoms with Crippen LogP contribution in [0.1, 0.15) is 26.5 Å². The number of hydrogen-bond acceptors (Lipinski definition) is 3. The van der Waals surface area contributed by atoms with Crippen LogP contribution in [0, 0.1) is 0 Å². The largest absolute Gasteiger partial charge is 0.444 e. The quantitative estimate of drug-likeness (QED) is 0.912. The van der Waals surface area contributed by atoms with E-state index in [0.717, 1.165) is 21.2 Å². The van der Waals surface area contributed by atoms with E-state index >= 15 is 0 Å². The Morgan fingerprint density at radius 3 is 2.85 bits per heavy atom. The van der Waals surface area contributed by atoms with Gasteiger partial charge in [0.05, 0.1) is 23.3 Å². The summed E-state index contributed by atoms with van der Waals surface area (Å²) in [4.78, 5) is 16.2. The van der Waals surface area contributed by atoms with Crippen LogP contribution in [0.3, 0.4) is 0 Å². The van der Waals surface area contributed by atoms with Gasteiger partial charge in [0.2, 0.25) is 0 Å². The standard InChI is InChI=1S/C14H18BrN3O2/c1-14(2,3)20-13(19)16-8-11-9(15)7-12-10(17-11)5-6-18(12)4/h5-7H,8H2,1-4H3,(H,16,19). The van der Waals surface area contributed by atoms with E-state index in [0.29, 0.717) is 6.54 Å². The molecule has 6 heteroatoms. The Labute approximate surface area is 126 Å². The molecule has 0 saturated heterocycles. The smallest absolute Gasteiger partial charge is 0.407 e. The monoisotopic (exact) mass is 339 g/mol. The van der Waals surface area contributed by atoms with Crippen molar-refractivity contribution in [3.8, 4) is 0 Å². The fourth-order valence-electron chi connectivity index (χ4n) is 1.80. The number of nitrogens with one attached hydrogen (secondary N) is 1. The summed E-state index contributed by atoms with van der Waals surface area (Å²) in [6, 6.07) is 3.94. The number of carbonyl (C=O) groups excluding carboxylic acids is 1. The summed E-state index contributed by atoms with van der Waals surface area (Å²) in [5, 5.41) is 2.71. The number of alkyl carbamates (subject to hydrolysis) is 1. The minimum Gasteiger partial charge on any atom is -0.444 e. The van der Waals surface area contributed by atoms with Crippen LogP contribution >= 0.6 is 15.9 Å². The van der Waals surface area contributed by atoms with Crippen molar-refractivity contribution < 1.29 is 9.53 Å². The number of carbonyl (C=O) groups is 1. The van der Waals surface area contributed by atoms with Crippen LogP contribution in [-0.2, 0) is 18.3 Å². The molecule has 20 heavy (non-hydrogen) atoms. The molecule has 0 aromatic carbocycles. The summed E-state index contributed by atoms with van der Waals surface area (Å²) >= 11 is 3.48. The molecule has 1 N–H and O–H groups in total. The first-order chi connectivity index (χ1) is 9.26. The molecular formula is C14H18BrN3O2. The second kappa shape index (κ2) is 5.44. The van der Waals surface area contributed by atoms with Crippen LogP contribution in [0.2, 0.25) is 0 Å². The molecule has 0 spiro atoms. The first-order valence-corrected chi connectivity index (χ1v) is 7.13. The van der Waals surface area contributed by atoms with Crippen molar-refractivity contribution in [1.82, 2.24) is 14.9 Å². The van der Waals surface area contributed by atoms with Crippen LogP contribution in [0.25, 0.3) is 11.0 Å². The molecule has 0 aliphatic heterocycles. The van der Waals surface area contributed by atoms with E-state index in [-0.39, 0.29) is 0 Å². The van der Waals surface area contributed by atoms with Crippen molar-refractivity contribution in [3.05, 3.63) is 28.5 Å². The molecule has 0 saturated carbocycles. The molecule has 2 heterocycles. The van der Waals surface area contributed by atoms with Crippen molar-refractivity contribution in [2.45, 2.75) is 32.9 Å². The fraction of sp³-hybridized carbons (Fsp3) is 0.429. The summed E-state index contributed by atoms with van der Waals surface area (Å²) in [6.45, 7) is 5.81. The van der Waals surface area contributed by atoms with Crippen LogP contribution in [0.4, 0.5) is 4.79 Å². The Morgan fingerprint density at radius 2 is 2.20 bits per heavy atom. The van der Waals surface area contributed by atoms with E-state index in [1.54, 1.807) is 0 Å². The Balaban J connectivity index is 2.10. The summed E-state index contributed by atoms with van der Waals surface area (Å²) < 4.78 is 8.06. The van der Waals surface area contributed by atoms with E-state index in [1.165, 1.54) is 0 Å². The zero-order valence-corrected chi connectivity index (χ0v) is 13.6. The second-order valence-electron chi connectivity index (χ2n) is 5.60. The number of pyridine rings is 1. The third-order valence-corrected chi connectivity index (χ3v) is 3.38. The van der Waals surface area contributed by atoms with Crippen LogP contribution in [0.15, 0.2) is 22.8 Å². The van der Waals surface area contributed by atoms with E-state index < -0.39 is 11.7 Å². The molecule has 0 aliphatic rings.